The number of rotatable bonds is 8. The number of carbonyl (C=O) groups is 1. The number of aromatic nitrogens is 1. The minimum Gasteiger partial charge on any atom is -0.489 e. The first-order valence-corrected chi connectivity index (χ1v) is 13.0. The van der Waals surface area contributed by atoms with Gasteiger partial charge in [0, 0.05) is 22.0 Å². The fourth-order valence-corrected chi connectivity index (χ4v) is 5.35. The molecule has 0 spiro atoms. The number of carbonyl (C=O) groups excluding carboxylic acids is 1. The molecule has 0 saturated heterocycles. The minimum absolute atomic E-state index is 0.0850. The summed E-state index contributed by atoms with van der Waals surface area (Å²) in [4.78, 5) is 15.9. The van der Waals surface area contributed by atoms with Crippen LogP contribution in [0.5, 0.6) is 11.5 Å². The zero-order valence-corrected chi connectivity index (χ0v) is 20.7. The van der Waals surface area contributed by atoms with Crippen LogP contribution in [0.2, 0.25) is 5.02 Å². The zero-order chi connectivity index (χ0) is 25.0. The van der Waals surface area contributed by atoms with Crippen LogP contribution in [0.25, 0.3) is 10.1 Å². The summed E-state index contributed by atoms with van der Waals surface area (Å²) in [5.41, 5.74) is 7.14. The number of thiophene rings is 1. The van der Waals surface area contributed by atoms with E-state index < -0.39 is 16.2 Å². The van der Waals surface area contributed by atoms with Crippen molar-refractivity contribution in [1.82, 2.24) is 4.98 Å². The summed E-state index contributed by atoms with van der Waals surface area (Å²) in [5, 5.41) is 2.88. The standard InChI is InChI=1S/C23H20ClN3O6S2/c1-2-31-23(28)33-19-11-26-22(25)20-14(13-34-21(19)20)12-32-17-5-3-4-16(10-17)27-35(29,30)18-8-6-15(24)7-9-18/h3-11,13,27H,2,12H2,1H3,(H2,25,26). The number of pyridine rings is 1. The average Bonchev–Trinajstić information content (AvgIpc) is 3.25. The predicted octanol–water partition coefficient (Wildman–Crippen LogP) is 5.45. The minimum atomic E-state index is -3.80. The molecule has 3 N–H and O–H groups in total. The Hall–Kier alpha value is -3.54. The zero-order valence-electron chi connectivity index (χ0n) is 18.4. The monoisotopic (exact) mass is 533 g/mol. The number of hydrogen-bond acceptors (Lipinski definition) is 9. The van der Waals surface area contributed by atoms with Crippen molar-refractivity contribution in [3.05, 3.63) is 70.7 Å². The molecule has 0 aliphatic rings. The van der Waals surface area contributed by atoms with E-state index in [-0.39, 0.29) is 29.7 Å². The lowest BCUT2D eigenvalue weighted by Crippen LogP contribution is -2.12. The molecule has 0 unspecified atom stereocenters. The highest BCUT2D eigenvalue weighted by Gasteiger charge is 2.18. The Morgan fingerprint density at radius 2 is 1.97 bits per heavy atom. The second-order valence-electron chi connectivity index (χ2n) is 7.13. The Labute approximate surface area is 210 Å². The van der Waals surface area contributed by atoms with Crippen LogP contribution in [0.4, 0.5) is 16.3 Å². The topological polar surface area (TPSA) is 130 Å². The van der Waals surface area contributed by atoms with Crippen LogP contribution >= 0.6 is 22.9 Å². The molecule has 12 heteroatoms. The van der Waals surface area contributed by atoms with Gasteiger partial charge in [0.2, 0.25) is 0 Å². The molecule has 0 fully saturated rings. The molecule has 0 aliphatic heterocycles. The number of benzene rings is 2. The number of hydrogen-bond donors (Lipinski definition) is 2. The summed E-state index contributed by atoms with van der Waals surface area (Å²) in [5.74, 6) is 0.939. The summed E-state index contributed by atoms with van der Waals surface area (Å²) in [7, 11) is -3.80. The van der Waals surface area contributed by atoms with Crippen molar-refractivity contribution in [2.75, 3.05) is 17.1 Å². The number of nitrogen functional groups attached to an aromatic ring is 1. The number of halogens is 1. The molecule has 0 saturated carbocycles. The first-order chi connectivity index (χ1) is 16.8. The van der Waals surface area contributed by atoms with Crippen LogP contribution in [0, 0.1) is 0 Å². The molecular weight excluding hydrogens is 514 g/mol. The maximum atomic E-state index is 12.6. The maximum absolute atomic E-state index is 12.6. The summed E-state index contributed by atoms with van der Waals surface area (Å²) in [6, 6.07) is 12.4. The Morgan fingerprint density at radius 1 is 1.20 bits per heavy atom. The molecule has 35 heavy (non-hydrogen) atoms. The third-order valence-corrected chi connectivity index (χ3v) is 7.42. The van der Waals surface area contributed by atoms with Gasteiger partial charge in [-0.25, -0.2) is 18.2 Å². The van der Waals surface area contributed by atoms with Gasteiger partial charge in [0.05, 0.1) is 28.1 Å². The summed E-state index contributed by atoms with van der Waals surface area (Å²) in [6.45, 7) is 1.99. The van der Waals surface area contributed by atoms with E-state index in [4.69, 9.17) is 31.5 Å². The molecule has 9 nitrogen and oxygen atoms in total. The number of nitrogens with two attached hydrogens (primary N) is 1. The maximum Gasteiger partial charge on any atom is 0.513 e. The third-order valence-electron chi connectivity index (χ3n) is 4.73. The molecule has 2 aromatic heterocycles. The van der Waals surface area contributed by atoms with Crippen molar-refractivity contribution in [3.63, 3.8) is 0 Å². The smallest absolute Gasteiger partial charge is 0.489 e. The van der Waals surface area contributed by atoms with Gasteiger partial charge in [0.15, 0.2) is 5.75 Å². The number of nitrogens with one attached hydrogen (secondary N) is 1. The fraction of sp³-hybridized carbons (Fsp3) is 0.130. The highest BCUT2D eigenvalue weighted by Crippen LogP contribution is 2.37. The van der Waals surface area contributed by atoms with Gasteiger partial charge in [-0.1, -0.05) is 17.7 Å². The molecule has 0 atom stereocenters. The number of nitrogens with zero attached hydrogens (tertiary/aromatic N) is 1. The molecule has 4 rings (SSSR count). The van der Waals surface area contributed by atoms with Gasteiger partial charge < -0.3 is 19.9 Å². The van der Waals surface area contributed by atoms with Gasteiger partial charge in [0.1, 0.15) is 18.2 Å². The highest BCUT2D eigenvalue weighted by molar-refractivity contribution is 7.92. The number of fused-ring (bicyclic) bond motifs is 1. The lowest BCUT2D eigenvalue weighted by atomic mass is 10.2. The quantitative estimate of drug-likeness (QED) is 0.286. The molecule has 4 aromatic rings. The molecular formula is C23H20ClN3O6S2. The van der Waals surface area contributed by atoms with Crippen LogP contribution in [0.1, 0.15) is 12.5 Å². The Kier molecular flexibility index (Phi) is 7.29. The second-order valence-corrected chi connectivity index (χ2v) is 10.1. The first kappa shape index (κ1) is 24.6. The largest absolute Gasteiger partial charge is 0.513 e. The highest BCUT2D eigenvalue weighted by atomic mass is 35.5. The van der Waals surface area contributed by atoms with Gasteiger partial charge in [-0.05, 0) is 48.7 Å². The van der Waals surface area contributed by atoms with E-state index in [0.717, 1.165) is 5.56 Å². The summed E-state index contributed by atoms with van der Waals surface area (Å²) >= 11 is 7.16. The lowest BCUT2D eigenvalue weighted by molar-refractivity contribution is 0.105. The molecule has 2 heterocycles. The number of anilines is 2. The van der Waals surface area contributed by atoms with E-state index >= 15 is 0 Å². The summed E-state index contributed by atoms with van der Waals surface area (Å²) < 4.78 is 44.4. The Bertz CT molecular complexity index is 1470. The Balaban J connectivity index is 1.50. The van der Waals surface area contributed by atoms with Gasteiger partial charge >= 0.3 is 6.16 Å². The predicted molar refractivity (Wildman–Crippen MR) is 135 cm³/mol. The van der Waals surface area contributed by atoms with Crippen molar-refractivity contribution < 1.29 is 27.4 Å². The van der Waals surface area contributed by atoms with Crippen molar-refractivity contribution in [2.45, 2.75) is 18.4 Å². The van der Waals surface area contributed by atoms with Gasteiger partial charge in [0.25, 0.3) is 10.0 Å². The second kappa shape index (κ2) is 10.4. The molecule has 0 radical (unpaired) electrons. The van der Waals surface area contributed by atoms with Crippen molar-refractivity contribution in [1.29, 1.82) is 0 Å². The molecule has 182 valence electrons. The van der Waals surface area contributed by atoms with E-state index in [1.54, 1.807) is 31.2 Å². The van der Waals surface area contributed by atoms with Crippen LogP contribution in [-0.4, -0.2) is 26.2 Å². The van der Waals surface area contributed by atoms with E-state index in [1.807, 2.05) is 5.38 Å². The van der Waals surface area contributed by atoms with E-state index in [2.05, 4.69) is 9.71 Å². The number of ether oxygens (including phenoxy) is 3. The summed E-state index contributed by atoms with van der Waals surface area (Å²) in [6.07, 6.45) is 0.538. The van der Waals surface area contributed by atoms with Crippen LogP contribution in [0.15, 0.2) is 65.0 Å². The first-order valence-electron chi connectivity index (χ1n) is 10.3. The molecule has 0 bridgehead atoms. The van der Waals surface area contributed by atoms with Crippen molar-refractivity contribution in [2.24, 2.45) is 0 Å². The average molecular weight is 534 g/mol. The van der Waals surface area contributed by atoms with E-state index in [0.29, 0.717) is 26.5 Å². The van der Waals surface area contributed by atoms with Gasteiger partial charge in [-0.3, -0.25) is 4.72 Å². The van der Waals surface area contributed by atoms with E-state index in [1.165, 1.54) is 41.8 Å². The van der Waals surface area contributed by atoms with Crippen LogP contribution in [0.3, 0.4) is 0 Å². The number of sulfonamides is 1. The SMILES string of the molecule is CCOC(=O)Oc1cnc(N)c2c(COc3cccc(NS(=O)(=O)c4ccc(Cl)cc4)c3)csc12. The third kappa shape index (κ3) is 5.76. The lowest BCUT2D eigenvalue weighted by Gasteiger charge is -2.11. The van der Waals surface area contributed by atoms with Crippen LogP contribution < -0.4 is 19.9 Å². The normalized spacial score (nSPS) is 11.3. The molecule has 0 amide bonds. The molecule has 0 aliphatic carbocycles. The Morgan fingerprint density at radius 3 is 2.71 bits per heavy atom. The van der Waals surface area contributed by atoms with Crippen LogP contribution in [-0.2, 0) is 21.4 Å². The van der Waals surface area contributed by atoms with E-state index in [9.17, 15) is 13.2 Å². The fourth-order valence-electron chi connectivity index (χ4n) is 3.16. The molecule has 2 aromatic carbocycles. The van der Waals surface area contributed by atoms with Crippen molar-refractivity contribution >= 4 is 60.7 Å². The van der Waals surface area contributed by atoms with Crippen molar-refractivity contribution in [3.8, 4) is 11.5 Å². The van der Waals surface area contributed by atoms with Gasteiger partial charge in [-0.15, -0.1) is 11.3 Å². The van der Waals surface area contributed by atoms with Gasteiger partial charge in [-0.2, -0.15) is 0 Å².